The van der Waals surface area contributed by atoms with E-state index in [1.165, 1.54) is 19.3 Å². The largest absolute Gasteiger partial charge is 0.391 e. The van der Waals surface area contributed by atoms with Gasteiger partial charge in [0.2, 0.25) is 17.7 Å². The van der Waals surface area contributed by atoms with Crippen LogP contribution in [0.15, 0.2) is 66.7 Å². The van der Waals surface area contributed by atoms with Crippen LogP contribution in [0.25, 0.3) is 10.8 Å². The number of benzene rings is 3. The van der Waals surface area contributed by atoms with Gasteiger partial charge in [0.15, 0.2) is 0 Å². The van der Waals surface area contributed by atoms with E-state index in [9.17, 15) is 19.5 Å². The molecule has 2 N–H and O–H groups in total. The summed E-state index contributed by atoms with van der Waals surface area (Å²) in [6, 6.07) is 19.9. The highest BCUT2D eigenvalue weighted by atomic mass is 35.5. The number of likely N-dealkylation sites (N-methyl/N-ethyl adjacent to an activating group) is 1. The highest BCUT2D eigenvalue weighted by molar-refractivity contribution is 6.31. The average Bonchev–Trinajstić information content (AvgIpc) is 3.48. The fraction of sp³-hybridized carbons (Fsp3) is 0.537. The lowest BCUT2D eigenvalue weighted by molar-refractivity contribution is -0.172. The third kappa shape index (κ3) is 6.91. The summed E-state index contributed by atoms with van der Waals surface area (Å²) in [5.41, 5.74) is 1.37. The first-order chi connectivity index (χ1) is 24.0. The van der Waals surface area contributed by atoms with Gasteiger partial charge in [-0.3, -0.25) is 14.4 Å². The Morgan fingerprint density at radius 2 is 1.66 bits per heavy atom. The number of likely N-dealkylation sites (tertiary alicyclic amines) is 1. The van der Waals surface area contributed by atoms with Gasteiger partial charge in [-0.05, 0) is 97.3 Å². The number of halogens is 1. The van der Waals surface area contributed by atoms with Crippen LogP contribution in [-0.4, -0.2) is 89.4 Å². The van der Waals surface area contributed by atoms with E-state index in [2.05, 4.69) is 30.3 Å². The van der Waals surface area contributed by atoms with Crippen LogP contribution in [0.1, 0.15) is 63.0 Å². The lowest BCUT2D eigenvalue weighted by atomic mass is 9.43. The maximum absolute atomic E-state index is 14.8. The predicted octanol–water partition coefficient (Wildman–Crippen LogP) is 5.68. The fourth-order valence-electron chi connectivity index (χ4n) is 10.5. The molecule has 266 valence electrons. The van der Waals surface area contributed by atoms with Crippen molar-refractivity contribution in [2.75, 3.05) is 33.7 Å². The van der Waals surface area contributed by atoms with Crippen LogP contribution < -0.4 is 5.32 Å². The summed E-state index contributed by atoms with van der Waals surface area (Å²) < 4.78 is 0. The van der Waals surface area contributed by atoms with Gasteiger partial charge in [-0.15, -0.1) is 0 Å². The number of hydrogen-bond donors (Lipinski definition) is 2. The summed E-state index contributed by atoms with van der Waals surface area (Å²) in [5.74, 6) is 0.460. The van der Waals surface area contributed by atoms with Crippen molar-refractivity contribution < 1.29 is 19.5 Å². The molecule has 3 aromatic rings. The number of fused-ring (bicyclic) bond motifs is 1. The molecule has 0 radical (unpaired) electrons. The number of β-amino-alcohol motifs (C(OH)–C–C–N with tert-alkyl or cyclic N) is 1. The van der Waals surface area contributed by atoms with E-state index < -0.39 is 23.6 Å². The summed E-state index contributed by atoms with van der Waals surface area (Å²) in [4.78, 5) is 48.9. The van der Waals surface area contributed by atoms with Crippen LogP contribution >= 0.6 is 11.6 Å². The van der Waals surface area contributed by atoms with Crippen LogP contribution in [0.2, 0.25) is 5.02 Å². The van der Waals surface area contributed by atoms with Gasteiger partial charge in [-0.1, -0.05) is 79.2 Å². The smallest absolute Gasteiger partial charge is 0.245 e. The van der Waals surface area contributed by atoms with Crippen molar-refractivity contribution in [1.29, 1.82) is 0 Å². The van der Waals surface area contributed by atoms with Crippen LogP contribution in [0, 0.1) is 22.7 Å². The SMILES string of the molecule is CCN(C)CC12CC3CC(C1)CC(C(=O)N1C[C@H](O)CC1C(=O)NC(Cc1ccc4ccccc4c1)C(=O)N(C)Cc1ccccc1Cl)(C3)C2. The highest BCUT2D eigenvalue weighted by Gasteiger charge is 2.62. The first-order valence-electron chi connectivity index (χ1n) is 18.4. The van der Waals surface area contributed by atoms with Gasteiger partial charge in [-0.25, -0.2) is 0 Å². The van der Waals surface area contributed by atoms with Crippen molar-refractivity contribution in [3.63, 3.8) is 0 Å². The average molecular weight is 699 g/mol. The molecule has 9 heteroatoms. The molecule has 8 rings (SSSR count). The molecule has 1 aliphatic heterocycles. The summed E-state index contributed by atoms with van der Waals surface area (Å²) in [6.45, 7) is 4.59. The van der Waals surface area contributed by atoms with Crippen molar-refractivity contribution in [2.24, 2.45) is 22.7 Å². The Morgan fingerprint density at radius 3 is 2.38 bits per heavy atom. The number of carbonyl (C=O) groups excluding carboxylic acids is 3. The van der Waals surface area contributed by atoms with E-state index in [1.807, 2.05) is 54.6 Å². The molecular formula is C41H51ClN4O4. The lowest BCUT2D eigenvalue weighted by Crippen LogP contribution is -2.62. The van der Waals surface area contributed by atoms with E-state index in [-0.39, 0.29) is 49.1 Å². The molecular weight excluding hydrogens is 648 g/mol. The third-order valence-electron chi connectivity index (χ3n) is 12.2. The number of rotatable bonds is 11. The maximum atomic E-state index is 14.8. The summed E-state index contributed by atoms with van der Waals surface area (Å²) >= 11 is 6.45. The quantitative estimate of drug-likeness (QED) is 0.269. The second kappa shape index (κ2) is 13.9. The Labute approximate surface area is 301 Å². The fourth-order valence-corrected chi connectivity index (χ4v) is 10.7. The Balaban J connectivity index is 1.13. The zero-order valence-electron chi connectivity index (χ0n) is 29.6. The van der Waals surface area contributed by atoms with Crippen molar-refractivity contribution in [3.8, 4) is 0 Å². The van der Waals surface area contributed by atoms with E-state index in [4.69, 9.17) is 11.6 Å². The summed E-state index contributed by atoms with van der Waals surface area (Å²) in [5, 5.41) is 16.8. The number of amides is 3. The second-order valence-electron chi connectivity index (χ2n) is 16.2. The Hall–Kier alpha value is -3.46. The molecule has 0 spiro atoms. The zero-order valence-corrected chi connectivity index (χ0v) is 30.4. The van der Waals surface area contributed by atoms with Gasteiger partial charge < -0.3 is 25.1 Å². The molecule has 5 fully saturated rings. The molecule has 5 atom stereocenters. The highest BCUT2D eigenvalue weighted by Crippen LogP contribution is 2.66. The Bertz CT molecular complexity index is 1750. The Kier molecular flexibility index (Phi) is 9.74. The van der Waals surface area contributed by atoms with Gasteiger partial charge in [0.25, 0.3) is 0 Å². The van der Waals surface area contributed by atoms with E-state index >= 15 is 0 Å². The van der Waals surface area contributed by atoms with Gasteiger partial charge in [0.1, 0.15) is 12.1 Å². The Morgan fingerprint density at radius 1 is 0.960 bits per heavy atom. The second-order valence-corrected chi connectivity index (χ2v) is 16.6. The van der Waals surface area contributed by atoms with Crippen molar-refractivity contribution in [3.05, 3.63) is 82.9 Å². The molecule has 3 amide bonds. The predicted molar refractivity (Wildman–Crippen MR) is 196 cm³/mol. The number of aliphatic hydroxyl groups excluding tert-OH is 1. The molecule has 1 saturated heterocycles. The number of carbonyl (C=O) groups is 3. The van der Waals surface area contributed by atoms with E-state index in [0.29, 0.717) is 16.9 Å². The lowest BCUT2D eigenvalue weighted by Gasteiger charge is -2.62. The normalized spacial score (nSPS) is 29.0. The number of nitrogens with one attached hydrogen (secondary N) is 1. The van der Waals surface area contributed by atoms with Gasteiger partial charge in [0, 0.05) is 44.5 Å². The van der Waals surface area contributed by atoms with Crippen LogP contribution in [0.3, 0.4) is 0 Å². The van der Waals surface area contributed by atoms with Gasteiger partial charge >= 0.3 is 0 Å². The van der Waals surface area contributed by atoms with Gasteiger partial charge in [-0.2, -0.15) is 0 Å². The van der Waals surface area contributed by atoms with E-state index in [1.54, 1.807) is 22.9 Å². The van der Waals surface area contributed by atoms with Crippen LogP contribution in [-0.2, 0) is 27.3 Å². The van der Waals surface area contributed by atoms with Crippen LogP contribution in [0.4, 0.5) is 0 Å². The molecule has 0 aromatic heterocycles. The first kappa shape index (κ1) is 35.0. The molecule has 3 aromatic carbocycles. The molecule has 4 bridgehead atoms. The third-order valence-corrected chi connectivity index (χ3v) is 12.6. The molecule has 4 saturated carbocycles. The summed E-state index contributed by atoms with van der Waals surface area (Å²) in [7, 11) is 3.89. The maximum Gasteiger partial charge on any atom is 0.245 e. The topological polar surface area (TPSA) is 93.2 Å². The molecule has 8 nitrogen and oxygen atoms in total. The molecule has 4 aliphatic carbocycles. The first-order valence-corrected chi connectivity index (χ1v) is 18.8. The monoisotopic (exact) mass is 698 g/mol. The zero-order chi connectivity index (χ0) is 35.2. The minimum atomic E-state index is -0.877. The van der Waals surface area contributed by atoms with Crippen molar-refractivity contribution >= 4 is 40.1 Å². The standard InChI is InChI=1S/C41H51ClN4O4/c1-4-44(2)26-40-19-28-15-29(20-40)22-41(21-28,25-40)39(50)46-24-33(47)18-36(46)37(48)43-35(17-27-13-14-30-9-5-6-10-31(30)16-27)38(49)45(3)23-32-11-7-8-12-34(32)42/h5-14,16,28-29,33,35-36,47H,4,15,17-26H2,1-3H3,(H,43,48)/t28?,29?,33-,35?,36?,40?,41?/m1/s1. The number of nitrogens with zero attached hydrogens (tertiary/aromatic N) is 3. The molecule has 1 heterocycles. The number of hydrogen-bond acceptors (Lipinski definition) is 5. The van der Waals surface area contributed by atoms with Crippen molar-refractivity contribution in [1.82, 2.24) is 20.0 Å². The van der Waals surface area contributed by atoms with Crippen molar-refractivity contribution in [2.45, 2.75) is 83.0 Å². The van der Waals surface area contributed by atoms with E-state index in [0.717, 1.165) is 54.3 Å². The molecule has 5 aliphatic rings. The molecule has 4 unspecified atom stereocenters. The van der Waals surface area contributed by atoms with Crippen LogP contribution in [0.5, 0.6) is 0 Å². The minimum absolute atomic E-state index is 0.0278. The minimum Gasteiger partial charge on any atom is -0.391 e. The summed E-state index contributed by atoms with van der Waals surface area (Å²) in [6.07, 6.45) is 5.80. The van der Waals surface area contributed by atoms with Gasteiger partial charge in [0.05, 0.1) is 11.5 Å². The molecule has 50 heavy (non-hydrogen) atoms. The number of aliphatic hydroxyl groups is 1.